The van der Waals surface area contributed by atoms with Gasteiger partial charge in [0.15, 0.2) is 6.61 Å². The van der Waals surface area contributed by atoms with Crippen LogP contribution in [0, 0.1) is 0 Å². The number of rotatable bonds is 6. The number of nitrogens with one attached hydrogen (secondary N) is 1. The smallest absolute Gasteiger partial charge is 0.422 e. The van der Waals surface area contributed by atoms with E-state index < -0.39 is 12.8 Å². The molecule has 0 aliphatic heterocycles. The van der Waals surface area contributed by atoms with E-state index in [4.69, 9.17) is 4.74 Å². The number of carbonyl (C=O) groups is 1. The number of alkyl halides is 3. The number of anilines is 1. The van der Waals surface area contributed by atoms with E-state index in [9.17, 15) is 18.0 Å². The van der Waals surface area contributed by atoms with Gasteiger partial charge in [-0.3, -0.25) is 4.79 Å². The summed E-state index contributed by atoms with van der Waals surface area (Å²) in [6.45, 7) is -1.40. The Hall–Kier alpha value is -2.15. The summed E-state index contributed by atoms with van der Waals surface area (Å²) in [6.07, 6.45) is -4.43. The van der Waals surface area contributed by atoms with Crippen LogP contribution in [0.5, 0.6) is 5.75 Å². The van der Waals surface area contributed by atoms with Crippen molar-refractivity contribution in [2.24, 2.45) is 0 Å². The molecule has 2 aromatic carbocycles. The minimum absolute atomic E-state index is 0.0112. The second-order valence-corrected chi connectivity index (χ2v) is 5.60. The first-order chi connectivity index (χ1) is 10.9. The Morgan fingerprint density at radius 2 is 1.70 bits per heavy atom. The molecule has 0 spiro atoms. The molecule has 0 aliphatic carbocycles. The van der Waals surface area contributed by atoms with Crippen molar-refractivity contribution < 1.29 is 22.7 Å². The van der Waals surface area contributed by atoms with Crippen molar-refractivity contribution >= 4 is 23.4 Å². The molecule has 2 rings (SSSR count). The minimum Gasteiger partial charge on any atom is -0.482 e. The minimum atomic E-state index is -4.43. The van der Waals surface area contributed by atoms with Crippen molar-refractivity contribution in [3.63, 3.8) is 0 Å². The molecule has 122 valence electrons. The lowest BCUT2D eigenvalue weighted by Crippen LogP contribution is -2.20. The monoisotopic (exact) mass is 341 g/mol. The molecule has 7 heteroatoms. The normalized spacial score (nSPS) is 11.1. The molecule has 0 aromatic heterocycles. The Kier molecular flexibility index (Phi) is 5.92. The maximum absolute atomic E-state index is 12.2. The summed E-state index contributed by atoms with van der Waals surface area (Å²) < 4.78 is 41.4. The van der Waals surface area contributed by atoms with Crippen LogP contribution in [0.4, 0.5) is 18.9 Å². The summed E-state index contributed by atoms with van der Waals surface area (Å²) in [6, 6.07) is 15.4. The van der Waals surface area contributed by atoms with Crippen molar-refractivity contribution in [2.45, 2.75) is 11.1 Å². The first-order valence-corrected chi connectivity index (χ1v) is 7.69. The number of carbonyl (C=O) groups excluding carboxylic acids is 1. The quantitative estimate of drug-likeness (QED) is 0.794. The molecule has 0 radical (unpaired) electrons. The summed E-state index contributed by atoms with van der Waals surface area (Å²) in [5.41, 5.74) is 0.218. The van der Waals surface area contributed by atoms with Gasteiger partial charge in [0.25, 0.3) is 0 Å². The van der Waals surface area contributed by atoms with E-state index in [1.807, 2.05) is 30.3 Å². The largest absolute Gasteiger partial charge is 0.482 e. The van der Waals surface area contributed by atoms with E-state index in [2.05, 4.69) is 5.32 Å². The SMILES string of the molecule is O=C(CSc1ccccc1)Nc1ccccc1OCC(F)(F)F. The molecule has 0 bridgehead atoms. The third-order valence-corrected chi connectivity index (χ3v) is 3.68. The van der Waals surface area contributed by atoms with Crippen molar-refractivity contribution in [2.75, 3.05) is 17.7 Å². The number of halogens is 3. The zero-order chi connectivity index (χ0) is 16.7. The number of hydrogen-bond donors (Lipinski definition) is 1. The highest BCUT2D eigenvalue weighted by atomic mass is 32.2. The third-order valence-electron chi connectivity index (χ3n) is 2.67. The lowest BCUT2D eigenvalue weighted by molar-refractivity contribution is -0.153. The van der Waals surface area contributed by atoms with Gasteiger partial charge in [-0.05, 0) is 24.3 Å². The molecule has 0 atom stereocenters. The van der Waals surface area contributed by atoms with E-state index in [0.717, 1.165) is 4.90 Å². The van der Waals surface area contributed by atoms with Gasteiger partial charge in [-0.1, -0.05) is 30.3 Å². The van der Waals surface area contributed by atoms with Gasteiger partial charge in [-0.2, -0.15) is 13.2 Å². The summed E-state index contributed by atoms with van der Waals surface area (Å²) in [7, 11) is 0. The Balaban J connectivity index is 1.92. The molecule has 3 nitrogen and oxygen atoms in total. The molecule has 23 heavy (non-hydrogen) atoms. The van der Waals surface area contributed by atoms with Gasteiger partial charge in [0, 0.05) is 4.90 Å². The predicted octanol–water partition coefficient (Wildman–Crippen LogP) is 4.36. The first-order valence-electron chi connectivity index (χ1n) is 6.70. The van der Waals surface area contributed by atoms with Gasteiger partial charge >= 0.3 is 6.18 Å². The van der Waals surface area contributed by atoms with Gasteiger partial charge in [0.2, 0.25) is 5.91 Å². The van der Waals surface area contributed by atoms with Gasteiger partial charge in [-0.25, -0.2) is 0 Å². The highest BCUT2D eigenvalue weighted by Gasteiger charge is 2.28. The van der Waals surface area contributed by atoms with Gasteiger partial charge in [0.1, 0.15) is 5.75 Å². The summed E-state index contributed by atoms with van der Waals surface area (Å²) in [5, 5.41) is 2.56. The summed E-state index contributed by atoms with van der Waals surface area (Å²) >= 11 is 1.34. The van der Waals surface area contributed by atoms with Crippen LogP contribution in [-0.4, -0.2) is 24.4 Å². The van der Waals surface area contributed by atoms with Crippen LogP contribution in [0.3, 0.4) is 0 Å². The number of amides is 1. The lowest BCUT2D eigenvalue weighted by Gasteiger charge is -2.13. The lowest BCUT2D eigenvalue weighted by atomic mass is 10.3. The van der Waals surface area contributed by atoms with Crippen molar-refractivity contribution in [3.05, 3.63) is 54.6 Å². The zero-order valence-electron chi connectivity index (χ0n) is 12.0. The van der Waals surface area contributed by atoms with E-state index in [1.165, 1.54) is 23.9 Å². The number of hydrogen-bond acceptors (Lipinski definition) is 3. The number of benzene rings is 2. The fourth-order valence-corrected chi connectivity index (χ4v) is 2.43. The van der Waals surface area contributed by atoms with Crippen molar-refractivity contribution in [1.82, 2.24) is 0 Å². The second kappa shape index (κ2) is 7.92. The number of para-hydroxylation sites is 2. The van der Waals surface area contributed by atoms with Crippen LogP contribution in [0.2, 0.25) is 0 Å². The van der Waals surface area contributed by atoms with Gasteiger partial charge in [0.05, 0.1) is 11.4 Å². The van der Waals surface area contributed by atoms with Crippen molar-refractivity contribution in [1.29, 1.82) is 0 Å². The highest BCUT2D eigenvalue weighted by Crippen LogP contribution is 2.27. The topological polar surface area (TPSA) is 38.3 Å². The summed E-state index contributed by atoms with van der Waals surface area (Å²) in [5.74, 6) is -0.178. The molecular formula is C16H14F3NO2S. The van der Waals surface area contributed by atoms with Crippen LogP contribution >= 0.6 is 11.8 Å². The maximum atomic E-state index is 12.2. The van der Waals surface area contributed by atoms with Gasteiger partial charge < -0.3 is 10.1 Å². The molecule has 0 fully saturated rings. The molecule has 1 amide bonds. The molecule has 0 saturated heterocycles. The van der Waals surface area contributed by atoms with E-state index in [1.54, 1.807) is 12.1 Å². The van der Waals surface area contributed by atoms with Crippen LogP contribution in [0.1, 0.15) is 0 Å². The Labute approximate surface area is 135 Å². The Morgan fingerprint density at radius 3 is 2.39 bits per heavy atom. The average Bonchev–Trinajstić information content (AvgIpc) is 2.52. The predicted molar refractivity (Wildman–Crippen MR) is 83.8 cm³/mol. The fourth-order valence-electron chi connectivity index (χ4n) is 1.71. The molecule has 0 heterocycles. The average molecular weight is 341 g/mol. The van der Waals surface area contributed by atoms with E-state index >= 15 is 0 Å². The molecule has 1 N–H and O–H groups in total. The molecule has 2 aromatic rings. The maximum Gasteiger partial charge on any atom is 0.422 e. The number of thioether (sulfide) groups is 1. The Morgan fingerprint density at radius 1 is 1.04 bits per heavy atom. The summed E-state index contributed by atoms with van der Waals surface area (Å²) in [4.78, 5) is 12.9. The second-order valence-electron chi connectivity index (χ2n) is 4.55. The highest BCUT2D eigenvalue weighted by molar-refractivity contribution is 8.00. The van der Waals surface area contributed by atoms with Gasteiger partial charge in [-0.15, -0.1) is 11.8 Å². The standard InChI is InChI=1S/C16H14F3NO2S/c17-16(18,19)11-22-14-9-5-4-8-13(14)20-15(21)10-23-12-6-2-1-3-7-12/h1-9H,10-11H2,(H,20,21). The van der Waals surface area contributed by atoms with Crippen LogP contribution in [0.15, 0.2) is 59.5 Å². The molecular weight excluding hydrogens is 327 g/mol. The molecule has 0 unspecified atom stereocenters. The third kappa shape index (κ3) is 6.23. The van der Waals surface area contributed by atoms with E-state index in [-0.39, 0.29) is 23.1 Å². The van der Waals surface area contributed by atoms with Crippen molar-refractivity contribution in [3.8, 4) is 5.75 Å². The van der Waals surface area contributed by atoms with Crippen LogP contribution < -0.4 is 10.1 Å². The Bertz CT molecular complexity index is 647. The molecule has 0 aliphatic rings. The first kappa shape index (κ1) is 17.2. The van der Waals surface area contributed by atoms with E-state index in [0.29, 0.717) is 0 Å². The zero-order valence-corrected chi connectivity index (χ0v) is 12.8. The fraction of sp³-hybridized carbons (Fsp3) is 0.188. The van der Waals surface area contributed by atoms with Crippen LogP contribution in [0.25, 0.3) is 0 Å². The van der Waals surface area contributed by atoms with Crippen LogP contribution in [-0.2, 0) is 4.79 Å². The number of ether oxygens (including phenoxy) is 1. The molecule has 0 saturated carbocycles.